The summed E-state index contributed by atoms with van der Waals surface area (Å²) in [6.07, 6.45) is 2.57. The standard InChI is InChI=1S/C15H10O3.C15H12O2.C15H10O2.C15H14O2.C15H14O/c16-13-11-8-4-5-9-12(11)18-15(14(13)17)10-6-2-1-3-7-10;2*16-13-10-15(11-6-2-1-3-7-11)17-14-9-5-4-8-12(13)14;16-13-10-12-8-4-5-9-14(12)17-15(13)11-6-2-1-3-7-11;1-2-6-12(7-3-1)15-11-10-13-8-4-5-9-14(13)16-15/h1-9,17H;1-9,15H,10H2;1-10H;1-9,13,15-16H,10H2;1-9,15H,10-11H2. The Morgan fingerprint density at radius 3 is 1.52 bits per heavy atom. The lowest BCUT2D eigenvalue weighted by molar-refractivity contribution is 0.0208. The third-order valence-corrected chi connectivity index (χ3v) is 14.7. The topological polar surface area (TPSA) is 146 Å². The first kappa shape index (κ1) is 56.3. The highest BCUT2D eigenvalue weighted by atomic mass is 16.5. The number of hydrogen-bond donors (Lipinski definition) is 2. The maximum absolute atomic E-state index is 12.0. The molecule has 2 aromatic heterocycles. The van der Waals surface area contributed by atoms with E-state index in [1.165, 1.54) is 17.2 Å². The molecule has 4 unspecified atom stereocenters. The van der Waals surface area contributed by atoms with Gasteiger partial charge in [0.2, 0.25) is 11.2 Å². The molecule has 2 N–H and O–H groups in total. The van der Waals surface area contributed by atoms with Crippen molar-refractivity contribution >= 4 is 27.7 Å². The second-order valence-corrected chi connectivity index (χ2v) is 20.4. The number of aromatic hydroxyl groups is 1. The third-order valence-electron chi connectivity index (χ3n) is 14.7. The van der Waals surface area contributed by atoms with Crippen LogP contribution in [0.15, 0.2) is 297 Å². The number of aliphatic hydroxyl groups excluding tert-OH is 1. The van der Waals surface area contributed by atoms with Crippen molar-refractivity contribution in [3.8, 4) is 45.6 Å². The van der Waals surface area contributed by atoms with E-state index in [2.05, 4.69) is 42.5 Å². The van der Waals surface area contributed by atoms with Crippen LogP contribution in [0, 0.1) is 0 Å². The molecule has 12 aromatic rings. The molecule has 3 aliphatic rings. The average Bonchev–Trinajstić information content (AvgIpc) is 3.73. The van der Waals surface area contributed by atoms with Crippen molar-refractivity contribution in [1.29, 1.82) is 0 Å². The zero-order valence-corrected chi connectivity index (χ0v) is 46.4. The normalized spacial score (nSPS) is 16.1. The Morgan fingerprint density at radius 1 is 0.400 bits per heavy atom. The van der Waals surface area contributed by atoms with Crippen LogP contribution in [0.5, 0.6) is 23.0 Å². The second-order valence-electron chi connectivity index (χ2n) is 20.4. The van der Waals surface area contributed by atoms with Gasteiger partial charge in [0, 0.05) is 23.6 Å². The molecule has 10 aromatic carbocycles. The van der Waals surface area contributed by atoms with E-state index in [0.717, 1.165) is 46.6 Å². The van der Waals surface area contributed by atoms with E-state index in [9.17, 15) is 24.6 Å². The quantitative estimate of drug-likeness (QED) is 0.171. The molecule has 0 aliphatic carbocycles. The van der Waals surface area contributed by atoms with Gasteiger partial charge >= 0.3 is 0 Å². The summed E-state index contributed by atoms with van der Waals surface area (Å²) in [5, 5.41) is 21.1. The van der Waals surface area contributed by atoms with Gasteiger partial charge in [0.25, 0.3) is 0 Å². The number of carbonyl (C=O) groups is 1. The summed E-state index contributed by atoms with van der Waals surface area (Å²) in [5.41, 5.74) is 8.72. The molecule has 0 saturated carbocycles. The average molecular weight is 1120 g/mol. The van der Waals surface area contributed by atoms with Crippen LogP contribution in [0.25, 0.3) is 44.6 Å². The maximum Gasteiger partial charge on any atom is 0.235 e. The number of ketones is 1. The Balaban J connectivity index is 0.000000111. The van der Waals surface area contributed by atoms with Gasteiger partial charge in [-0.3, -0.25) is 14.4 Å². The molecule has 3 aliphatic heterocycles. The largest absolute Gasteiger partial charge is 0.502 e. The number of ether oxygens (including phenoxy) is 3. The lowest BCUT2D eigenvalue weighted by Gasteiger charge is -2.30. The van der Waals surface area contributed by atoms with Crippen molar-refractivity contribution in [2.45, 2.75) is 50.1 Å². The van der Waals surface area contributed by atoms with E-state index in [0.29, 0.717) is 57.4 Å². The molecular formula is C75H60O10. The molecule has 10 heteroatoms. The first-order chi connectivity index (χ1) is 41.7. The summed E-state index contributed by atoms with van der Waals surface area (Å²) in [5.74, 6) is 3.24. The van der Waals surface area contributed by atoms with Gasteiger partial charge in [0.1, 0.15) is 52.5 Å². The van der Waals surface area contributed by atoms with Gasteiger partial charge in [0.15, 0.2) is 17.0 Å². The van der Waals surface area contributed by atoms with Crippen LogP contribution in [-0.4, -0.2) is 22.1 Å². The SMILES string of the molecule is O=C1CC(c2ccccc2)Oc2ccccc21.O=c1c(O)c(-c2ccccc2)oc2ccccc12.O=c1cc(-c2ccccc2)oc2ccccc12.OC1Cc2ccccc2OC1c1ccccc1.c1ccc(C2CCc3ccccc3O2)cc1. The Morgan fingerprint density at radius 2 is 0.871 bits per heavy atom. The Kier molecular flexibility index (Phi) is 17.9. The van der Waals surface area contributed by atoms with Crippen LogP contribution >= 0.6 is 0 Å². The fourth-order valence-corrected chi connectivity index (χ4v) is 10.4. The minimum atomic E-state index is -0.479. The van der Waals surface area contributed by atoms with E-state index in [-0.39, 0.29) is 41.0 Å². The Bertz CT molecular complexity index is 4280. The number of carbonyl (C=O) groups excluding carboxylic acids is 1. The van der Waals surface area contributed by atoms with E-state index in [4.69, 9.17) is 23.0 Å². The van der Waals surface area contributed by atoms with Crippen molar-refractivity contribution in [2.24, 2.45) is 0 Å². The smallest absolute Gasteiger partial charge is 0.235 e. The Labute approximate surface area is 492 Å². The van der Waals surface area contributed by atoms with Crippen LogP contribution in [0.4, 0.5) is 0 Å². The van der Waals surface area contributed by atoms with Gasteiger partial charge in [-0.15, -0.1) is 0 Å². The number of aliphatic hydroxyl groups is 1. The first-order valence-electron chi connectivity index (χ1n) is 28.2. The molecule has 15 rings (SSSR count). The molecule has 420 valence electrons. The number of benzene rings is 10. The number of para-hydroxylation sites is 5. The number of rotatable bonds is 5. The summed E-state index contributed by atoms with van der Waals surface area (Å²) in [6, 6.07) is 88.2. The minimum Gasteiger partial charge on any atom is -0.502 e. The summed E-state index contributed by atoms with van der Waals surface area (Å²) in [7, 11) is 0. The fraction of sp³-hybridized carbons (Fsp3) is 0.107. The van der Waals surface area contributed by atoms with E-state index in [1.54, 1.807) is 42.5 Å². The lowest BCUT2D eigenvalue weighted by atomic mass is 9.95. The van der Waals surface area contributed by atoms with Crippen molar-refractivity contribution in [3.63, 3.8) is 0 Å². The molecule has 0 bridgehead atoms. The van der Waals surface area contributed by atoms with Crippen molar-refractivity contribution in [2.75, 3.05) is 0 Å². The van der Waals surface area contributed by atoms with Gasteiger partial charge in [-0.05, 0) is 89.2 Å². The third kappa shape index (κ3) is 13.7. The number of hydrogen-bond acceptors (Lipinski definition) is 10. The maximum atomic E-state index is 12.0. The lowest BCUT2D eigenvalue weighted by Crippen LogP contribution is -2.30. The summed E-state index contributed by atoms with van der Waals surface area (Å²) in [4.78, 5) is 35.9. The highest BCUT2D eigenvalue weighted by Crippen LogP contribution is 2.37. The fourth-order valence-electron chi connectivity index (χ4n) is 10.4. The zero-order chi connectivity index (χ0) is 58.3. The number of fused-ring (bicyclic) bond motifs is 5. The van der Waals surface area contributed by atoms with Crippen molar-refractivity contribution in [1.82, 2.24) is 0 Å². The predicted octanol–water partition coefficient (Wildman–Crippen LogP) is 16.5. The molecule has 0 fully saturated rings. The van der Waals surface area contributed by atoms with Gasteiger partial charge in [-0.1, -0.05) is 224 Å². The molecule has 0 radical (unpaired) electrons. The van der Waals surface area contributed by atoms with E-state index in [1.807, 2.05) is 188 Å². The minimum absolute atomic E-state index is 0.00861. The zero-order valence-electron chi connectivity index (χ0n) is 46.4. The molecule has 0 saturated heterocycles. The van der Waals surface area contributed by atoms with Crippen LogP contribution < -0.4 is 25.1 Å². The number of aryl methyl sites for hydroxylation is 1. The van der Waals surface area contributed by atoms with Crippen LogP contribution in [0.2, 0.25) is 0 Å². The second kappa shape index (κ2) is 27.0. The summed E-state index contributed by atoms with van der Waals surface area (Å²) in [6.45, 7) is 0. The van der Waals surface area contributed by atoms with Gasteiger partial charge in [0.05, 0.1) is 28.9 Å². The van der Waals surface area contributed by atoms with Crippen molar-refractivity contribution < 1.29 is 38.1 Å². The van der Waals surface area contributed by atoms with Gasteiger partial charge in [-0.2, -0.15) is 0 Å². The molecule has 10 nitrogen and oxygen atoms in total. The molecule has 85 heavy (non-hydrogen) atoms. The highest BCUT2D eigenvalue weighted by Gasteiger charge is 2.30. The van der Waals surface area contributed by atoms with E-state index < -0.39 is 11.5 Å². The molecule has 0 amide bonds. The van der Waals surface area contributed by atoms with Crippen LogP contribution in [0.3, 0.4) is 0 Å². The van der Waals surface area contributed by atoms with Crippen molar-refractivity contribution in [3.05, 3.63) is 333 Å². The van der Waals surface area contributed by atoms with Gasteiger partial charge < -0.3 is 33.3 Å². The molecule has 0 spiro atoms. The number of Topliss-reactive ketones (excluding diaryl/α,β-unsaturated/α-hetero) is 1. The van der Waals surface area contributed by atoms with E-state index >= 15 is 0 Å². The highest BCUT2D eigenvalue weighted by molar-refractivity contribution is 6.00. The first-order valence-corrected chi connectivity index (χ1v) is 28.2. The summed E-state index contributed by atoms with van der Waals surface area (Å²) >= 11 is 0. The summed E-state index contributed by atoms with van der Waals surface area (Å²) < 4.78 is 29.1. The monoisotopic (exact) mass is 1120 g/mol. The van der Waals surface area contributed by atoms with Gasteiger partial charge in [-0.25, -0.2) is 0 Å². The molecular weight excluding hydrogens is 1060 g/mol. The molecule has 4 atom stereocenters. The van der Waals surface area contributed by atoms with Crippen LogP contribution in [-0.2, 0) is 12.8 Å². The predicted molar refractivity (Wildman–Crippen MR) is 333 cm³/mol. The molecule has 5 heterocycles. The van der Waals surface area contributed by atoms with Crippen LogP contribution in [0.1, 0.15) is 69.3 Å². The Hall–Kier alpha value is -10.6.